The van der Waals surface area contributed by atoms with Crippen molar-refractivity contribution in [1.82, 2.24) is 24.9 Å². The Labute approximate surface area is 139 Å². The summed E-state index contributed by atoms with van der Waals surface area (Å²) in [5.41, 5.74) is 0.723. The van der Waals surface area contributed by atoms with Crippen LogP contribution in [-0.2, 0) is 0 Å². The van der Waals surface area contributed by atoms with Gasteiger partial charge in [0.25, 0.3) is 0 Å². The minimum absolute atomic E-state index is 0.579. The highest BCUT2D eigenvalue weighted by atomic mass is 16.5. The first kappa shape index (κ1) is 14.6. The SMILES string of the molecule is COc1ccnc(N2CCN(c3ncnc4ncccc34)CC2)n1. The first-order chi connectivity index (χ1) is 11.8. The number of hydrogen-bond acceptors (Lipinski definition) is 8. The van der Waals surface area contributed by atoms with E-state index < -0.39 is 0 Å². The van der Waals surface area contributed by atoms with Crippen LogP contribution in [0.3, 0.4) is 0 Å². The molecule has 1 fully saturated rings. The van der Waals surface area contributed by atoms with Gasteiger partial charge in [-0.05, 0) is 12.1 Å². The number of rotatable bonds is 3. The van der Waals surface area contributed by atoms with Gasteiger partial charge >= 0.3 is 0 Å². The molecule has 1 aliphatic rings. The zero-order chi connectivity index (χ0) is 16.4. The van der Waals surface area contributed by atoms with Crippen LogP contribution in [0, 0.1) is 0 Å². The van der Waals surface area contributed by atoms with Gasteiger partial charge in [0.2, 0.25) is 11.8 Å². The summed E-state index contributed by atoms with van der Waals surface area (Å²) in [6, 6.07) is 5.67. The fourth-order valence-electron chi connectivity index (χ4n) is 2.85. The van der Waals surface area contributed by atoms with Gasteiger partial charge in [0.1, 0.15) is 12.1 Å². The molecule has 0 N–H and O–H groups in total. The molecule has 122 valence electrons. The lowest BCUT2D eigenvalue weighted by molar-refractivity contribution is 0.396. The summed E-state index contributed by atoms with van der Waals surface area (Å²) in [7, 11) is 1.61. The fourth-order valence-corrected chi connectivity index (χ4v) is 2.85. The Morgan fingerprint density at radius 3 is 2.58 bits per heavy atom. The standard InChI is InChI=1S/C16H17N7O/c1-24-13-4-6-18-16(21-13)23-9-7-22(8-10-23)15-12-3-2-5-17-14(12)19-11-20-15/h2-6,11H,7-10H2,1H3. The second-order valence-corrected chi connectivity index (χ2v) is 5.44. The van der Waals surface area contributed by atoms with Crippen LogP contribution in [0.25, 0.3) is 11.0 Å². The number of anilines is 2. The minimum Gasteiger partial charge on any atom is -0.481 e. The normalized spacial score (nSPS) is 14.9. The number of pyridine rings is 1. The highest BCUT2D eigenvalue weighted by Crippen LogP contribution is 2.23. The number of nitrogens with zero attached hydrogens (tertiary/aromatic N) is 7. The third kappa shape index (κ3) is 2.66. The molecule has 0 aliphatic carbocycles. The molecule has 0 atom stereocenters. The largest absolute Gasteiger partial charge is 0.481 e. The summed E-state index contributed by atoms with van der Waals surface area (Å²) < 4.78 is 5.17. The van der Waals surface area contributed by atoms with Gasteiger partial charge in [0.15, 0.2) is 5.65 Å². The van der Waals surface area contributed by atoms with Crippen LogP contribution in [0.2, 0.25) is 0 Å². The molecule has 0 unspecified atom stereocenters. The van der Waals surface area contributed by atoms with Gasteiger partial charge < -0.3 is 14.5 Å². The molecule has 0 amide bonds. The van der Waals surface area contributed by atoms with Crippen molar-refractivity contribution >= 4 is 22.8 Å². The Morgan fingerprint density at radius 1 is 0.917 bits per heavy atom. The Balaban J connectivity index is 1.53. The van der Waals surface area contributed by atoms with Gasteiger partial charge in [-0.1, -0.05) is 0 Å². The number of methoxy groups -OCH3 is 1. The topological polar surface area (TPSA) is 80.2 Å². The van der Waals surface area contributed by atoms with Crippen LogP contribution in [0.1, 0.15) is 0 Å². The molecule has 0 saturated carbocycles. The maximum Gasteiger partial charge on any atom is 0.228 e. The molecule has 0 bridgehead atoms. The van der Waals surface area contributed by atoms with Crippen LogP contribution in [0.5, 0.6) is 5.88 Å². The molecular formula is C16H17N7O. The van der Waals surface area contributed by atoms with E-state index in [9.17, 15) is 0 Å². The van der Waals surface area contributed by atoms with Crippen molar-refractivity contribution in [3.63, 3.8) is 0 Å². The van der Waals surface area contributed by atoms with Crippen molar-refractivity contribution in [2.24, 2.45) is 0 Å². The third-order valence-corrected chi connectivity index (χ3v) is 4.08. The number of aromatic nitrogens is 5. The number of piperazine rings is 1. The van der Waals surface area contributed by atoms with Crippen molar-refractivity contribution in [3.8, 4) is 5.88 Å². The average molecular weight is 323 g/mol. The molecular weight excluding hydrogens is 306 g/mol. The average Bonchev–Trinajstić information content (AvgIpc) is 2.68. The van der Waals surface area contributed by atoms with E-state index in [1.54, 1.807) is 31.9 Å². The van der Waals surface area contributed by atoms with E-state index in [2.05, 4.69) is 34.7 Å². The molecule has 0 spiro atoms. The lowest BCUT2D eigenvalue weighted by Gasteiger charge is -2.35. The van der Waals surface area contributed by atoms with Crippen LogP contribution in [0.4, 0.5) is 11.8 Å². The molecule has 8 heteroatoms. The molecule has 8 nitrogen and oxygen atoms in total. The molecule has 4 rings (SSSR count). The van der Waals surface area contributed by atoms with Gasteiger partial charge in [-0.3, -0.25) is 0 Å². The zero-order valence-electron chi connectivity index (χ0n) is 13.3. The molecule has 3 aromatic heterocycles. The van der Waals surface area contributed by atoms with Gasteiger partial charge in [-0.2, -0.15) is 4.98 Å². The van der Waals surface area contributed by atoms with Crippen molar-refractivity contribution < 1.29 is 4.74 Å². The van der Waals surface area contributed by atoms with E-state index in [4.69, 9.17) is 4.74 Å². The Hall–Kier alpha value is -3.03. The first-order valence-electron chi connectivity index (χ1n) is 7.78. The van der Waals surface area contributed by atoms with E-state index in [0.29, 0.717) is 11.8 Å². The van der Waals surface area contributed by atoms with Gasteiger partial charge in [-0.15, -0.1) is 0 Å². The lowest BCUT2D eigenvalue weighted by atomic mass is 10.2. The van der Waals surface area contributed by atoms with Crippen LogP contribution in [0.15, 0.2) is 36.9 Å². The molecule has 3 aromatic rings. The second kappa shape index (κ2) is 6.23. The summed E-state index contributed by atoms with van der Waals surface area (Å²) in [6.45, 7) is 3.31. The van der Waals surface area contributed by atoms with Crippen molar-refractivity contribution in [3.05, 3.63) is 36.9 Å². The Bertz CT molecular complexity index is 843. The highest BCUT2D eigenvalue weighted by Gasteiger charge is 2.21. The molecule has 0 radical (unpaired) electrons. The lowest BCUT2D eigenvalue weighted by Crippen LogP contribution is -2.47. The molecule has 0 aromatic carbocycles. The third-order valence-electron chi connectivity index (χ3n) is 4.08. The summed E-state index contributed by atoms with van der Waals surface area (Å²) in [6.07, 6.45) is 5.04. The smallest absolute Gasteiger partial charge is 0.228 e. The van der Waals surface area contributed by atoms with Gasteiger partial charge in [0, 0.05) is 44.6 Å². The predicted octanol–water partition coefficient (Wildman–Crippen LogP) is 1.15. The molecule has 1 aliphatic heterocycles. The van der Waals surface area contributed by atoms with Gasteiger partial charge in [0.05, 0.1) is 12.5 Å². The Morgan fingerprint density at radius 2 is 1.75 bits per heavy atom. The van der Waals surface area contributed by atoms with Crippen LogP contribution in [-0.4, -0.2) is 58.2 Å². The maximum atomic E-state index is 5.17. The number of fused-ring (bicyclic) bond motifs is 1. The number of ether oxygens (including phenoxy) is 1. The number of hydrogen-bond donors (Lipinski definition) is 0. The quantitative estimate of drug-likeness (QED) is 0.710. The summed E-state index contributed by atoms with van der Waals surface area (Å²) in [5.74, 6) is 2.21. The van der Waals surface area contributed by atoms with E-state index in [-0.39, 0.29) is 0 Å². The molecule has 4 heterocycles. The van der Waals surface area contributed by atoms with Crippen molar-refractivity contribution in [1.29, 1.82) is 0 Å². The predicted molar refractivity (Wildman–Crippen MR) is 90.3 cm³/mol. The first-order valence-corrected chi connectivity index (χ1v) is 7.78. The van der Waals surface area contributed by atoms with E-state index in [0.717, 1.165) is 43.0 Å². The van der Waals surface area contributed by atoms with E-state index >= 15 is 0 Å². The molecule has 1 saturated heterocycles. The Kier molecular flexibility index (Phi) is 3.78. The van der Waals surface area contributed by atoms with Crippen LogP contribution < -0.4 is 14.5 Å². The minimum atomic E-state index is 0.579. The van der Waals surface area contributed by atoms with E-state index in [1.807, 2.05) is 12.1 Å². The fraction of sp³-hybridized carbons (Fsp3) is 0.312. The summed E-state index contributed by atoms with van der Waals surface area (Å²) >= 11 is 0. The van der Waals surface area contributed by atoms with Crippen molar-refractivity contribution in [2.75, 3.05) is 43.1 Å². The highest BCUT2D eigenvalue weighted by molar-refractivity contribution is 5.86. The summed E-state index contributed by atoms with van der Waals surface area (Å²) in [4.78, 5) is 26.1. The monoisotopic (exact) mass is 323 g/mol. The van der Waals surface area contributed by atoms with Gasteiger partial charge in [-0.25, -0.2) is 19.9 Å². The second-order valence-electron chi connectivity index (χ2n) is 5.44. The maximum absolute atomic E-state index is 5.17. The van der Waals surface area contributed by atoms with E-state index in [1.165, 1.54) is 0 Å². The molecule has 24 heavy (non-hydrogen) atoms. The summed E-state index contributed by atoms with van der Waals surface area (Å²) in [5, 5.41) is 0.978. The zero-order valence-corrected chi connectivity index (χ0v) is 13.3. The van der Waals surface area contributed by atoms with Crippen molar-refractivity contribution in [2.45, 2.75) is 0 Å². The van der Waals surface area contributed by atoms with Crippen LogP contribution >= 0.6 is 0 Å².